The summed E-state index contributed by atoms with van der Waals surface area (Å²) >= 11 is 4.59. The van der Waals surface area contributed by atoms with E-state index in [2.05, 4.69) is 36.8 Å². The minimum Gasteiger partial charge on any atom is -0.462 e. The lowest BCUT2D eigenvalue weighted by Gasteiger charge is -2.08. The molecule has 0 aliphatic carbocycles. The number of hydrogen-bond acceptors (Lipinski definition) is 7. The molecule has 2 N–H and O–H groups in total. The summed E-state index contributed by atoms with van der Waals surface area (Å²) in [5.41, 5.74) is 1.52. The van der Waals surface area contributed by atoms with Gasteiger partial charge in [-0.2, -0.15) is 0 Å². The van der Waals surface area contributed by atoms with Crippen LogP contribution in [0, 0.1) is 0 Å². The smallest absolute Gasteiger partial charge is 0.338 e. The Hall–Kier alpha value is -3.18. The highest BCUT2D eigenvalue weighted by Crippen LogP contribution is 2.18. The number of carbonyl (C=O) groups excluding carboxylic acids is 3. The molecule has 3 aromatic rings. The predicted octanol–water partition coefficient (Wildman–Crippen LogP) is 3.42. The molecule has 0 saturated heterocycles. The number of rotatable bonds is 9. The second-order valence-corrected chi connectivity index (χ2v) is 8.55. The van der Waals surface area contributed by atoms with Crippen molar-refractivity contribution < 1.29 is 19.1 Å². The highest BCUT2D eigenvalue weighted by molar-refractivity contribution is 9.10. The van der Waals surface area contributed by atoms with Crippen LogP contribution in [0.5, 0.6) is 0 Å². The van der Waals surface area contributed by atoms with Gasteiger partial charge in [0.25, 0.3) is 5.91 Å². The van der Waals surface area contributed by atoms with Crippen LogP contribution in [0.25, 0.3) is 0 Å². The molecule has 0 aliphatic heterocycles. The average Bonchev–Trinajstić information content (AvgIpc) is 3.16. The lowest BCUT2D eigenvalue weighted by molar-refractivity contribution is -0.113. The van der Waals surface area contributed by atoms with Gasteiger partial charge in [0.05, 0.1) is 30.0 Å². The third kappa shape index (κ3) is 6.65. The number of thioether (sulfide) groups is 1. The van der Waals surface area contributed by atoms with E-state index in [9.17, 15) is 14.4 Å². The van der Waals surface area contributed by atoms with Crippen molar-refractivity contribution in [1.29, 1.82) is 0 Å². The van der Waals surface area contributed by atoms with Gasteiger partial charge in [-0.25, -0.2) is 4.79 Å². The van der Waals surface area contributed by atoms with E-state index in [1.54, 1.807) is 61.0 Å². The third-order valence-electron chi connectivity index (χ3n) is 4.46. The Kier molecular flexibility index (Phi) is 8.61. The highest BCUT2D eigenvalue weighted by atomic mass is 79.9. The van der Waals surface area contributed by atoms with Gasteiger partial charge in [-0.05, 0) is 59.3 Å². The van der Waals surface area contributed by atoms with Crippen molar-refractivity contribution in [2.45, 2.75) is 18.6 Å². The first-order valence-corrected chi connectivity index (χ1v) is 11.8. The average molecular weight is 532 g/mol. The van der Waals surface area contributed by atoms with Crippen LogP contribution in [0.1, 0.15) is 33.5 Å². The van der Waals surface area contributed by atoms with E-state index in [0.717, 1.165) is 0 Å². The van der Waals surface area contributed by atoms with Gasteiger partial charge >= 0.3 is 5.97 Å². The Labute approximate surface area is 203 Å². The Balaban J connectivity index is 1.50. The van der Waals surface area contributed by atoms with Crippen molar-refractivity contribution in [1.82, 2.24) is 20.1 Å². The number of ether oxygens (including phenoxy) is 1. The number of nitrogens with zero attached hydrogens (tertiary/aromatic N) is 3. The fraction of sp³-hybridized carbons (Fsp3) is 0.227. The molecule has 1 aromatic heterocycles. The third-order valence-corrected chi connectivity index (χ3v) is 6.17. The quantitative estimate of drug-likeness (QED) is 0.321. The summed E-state index contributed by atoms with van der Waals surface area (Å²) in [6.07, 6.45) is 0. The van der Waals surface area contributed by atoms with Gasteiger partial charge in [0.2, 0.25) is 5.91 Å². The lowest BCUT2D eigenvalue weighted by Crippen LogP contribution is -2.24. The van der Waals surface area contributed by atoms with Gasteiger partial charge in [-0.1, -0.05) is 23.9 Å². The molecule has 0 saturated carbocycles. The number of amides is 2. The molecule has 11 heteroatoms. The molecule has 0 atom stereocenters. The number of halogens is 1. The molecule has 2 aromatic carbocycles. The van der Waals surface area contributed by atoms with Gasteiger partial charge in [0, 0.05) is 17.2 Å². The molecule has 1 heterocycles. The van der Waals surface area contributed by atoms with Gasteiger partial charge in [0.1, 0.15) is 0 Å². The SMILES string of the molecule is CCOC(=O)c1ccc(NC(=O)CSc2nnc(CNC(=O)c3ccccc3Br)n2C)cc1. The number of esters is 1. The summed E-state index contributed by atoms with van der Waals surface area (Å²) in [6.45, 7) is 2.24. The minimum absolute atomic E-state index is 0.120. The van der Waals surface area contributed by atoms with E-state index >= 15 is 0 Å². The number of aromatic nitrogens is 3. The summed E-state index contributed by atoms with van der Waals surface area (Å²) in [5, 5.41) is 14.3. The second kappa shape index (κ2) is 11.6. The van der Waals surface area contributed by atoms with Crippen LogP contribution in [0.2, 0.25) is 0 Å². The zero-order valence-electron chi connectivity index (χ0n) is 18.0. The molecular formula is C22H22BrN5O4S. The van der Waals surface area contributed by atoms with Gasteiger partial charge in [0.15, 0.2) is 11.0 Å². The summed E-state index contributed by atoms with van der Waals surface area (Å²) < 4.78 is 7.37. The Bertz CT molecular complexity index is 1150. The van der Waals surface area contributed by atoms with Crippen LogP contribution < -0.4 is 10.6 Å². The van der Waals surface area contributed by atoms with Crippen molar-refractivity contribution in [3.63, 3.8) is 0 Å². The number of anilines is 1. The standard InChI is InChI=1S/C22H22BrN5O4S/c1-3-32-21(31)14-8-10-15(11-9-14)25-19(29)13-33-22-27-26-18(28(22)2)12-24-20(30)16-6-4-5-7-17(16)23/h4-11H,3,12-13H2,1-2H3,(H,24,30)(H,25,29). The normalized spacial score (nSPS) is 10.5. The van der Waals surface area contributed by atoms with Crippen molar-refractivity contribution in [2.24, 2.45) is 7.05 Å². The molecule has 0 fully saturated rings. The van der Waals surface area contributed by atoms with Crippen LogP contribution in [0.4, 0.5) is 5.69 Å². The van der Waals surface area contributed by atoms with E-state index in [4.69, 9.17) is 4.74 Å². The molecule has 2 amide bonds. The van der Waals surface area contributed by atoms with Crippen LogP contribution >= 0.6 is 27.7 Å². The van der Waals surface area contributed by atoms with E-state index < -0.39 is 5.97 Å². The van der Waals surface area contributed by atoms with Gasteiger partial charge in [-0.15, -0.1) is 10.2 Å². The first-order valence-electron chi connectivity index (χ1n) is 10.00. The van der Waals surface area contributed by atoms with Crippen LogP contribution in [0.15, 0.2) is 58.2 Å². The highest BCUT2D eigenvalue weighted by Gasteiger charge is 2.14. The largest absolute Gasteiger partial charge is 0.462 e. The van der Waals surface area contributed by atoms with Crippen molar-refractivity contribution in [3.05, 3.63) is 70.0 Å². The number of carbonyl (C=O) groups is 3. The fourth-order valence-electron chi connectivity index (χ4n) is 2.76. The molecule has 0 spiro atoms. The molecule has 0 bridgehead atoms. The van der Waals surface area contributed by atoms with E-state index in [1.807, 2.05) is 6.07 Å². The van der Waals surface area contributed by atoms with Crippen LogP contribution in [0.3, 0.4) is 0 Å². The van der Waals surface area contributed by atoms with E-state index in [1.165, 1.54) is 11.8 Å². The Morgan fingerprint density at radius 1 is 1.09 bits per heavy atom. The summed E-state index contributed by atoms with van der Waals surface area (Å²) in [4.78, 5) is 36.3. The molecule has 3 rings (SSSR count). The first kappa shape index (κ1) is 24.5. The van der Waals surface area contributed by atoms with Crippen LogP contribution in [-0.4, -0.2) is 44.9 Å². The topological polar surface area (TPSA) is 115 Å². The molecule has 172 valence electrons. The molecule has 0 unspecified atom stereocenters. The van der Waals surface area contributed by atoms with Gasteiger partial charge < -0.3 is 19.9 Å². The minimum atomic E-state index is -0.406. The number of hydrogen-bond donors (Lipinski definition) is 2. The fourth-order valence-corrected chi connectivity index (χ4v) is 3.95. The summed E-state index contributed by atoms with van der Waals surface area (Å²) in [7, 11) is 1.77. The van der Waals surface area contributed by atoms with Crippen LogP contribution in [-0.2, 0) is 23.1 Å². The zero-order chi connectivity index (χ0) is 23.8. The molecule has 33 heavy (non-hydrogen) atoms. The van der Waals surface area contributed by atoms with Gasteiger partial charge in [-0.3, -0.25) is 9.59 Å². The zero-order valence-corrected chi connectivity index (χ0v) is 20.4. The Morgan fingerprint density at radius 2 is 1.82 bits per heavy atom. The lowest BCUT2D eigenvalue weighted by atomic mass is 10.2. The number of nitrogens with one attached hydrogen (secondary N) is 2. The monoisotopic (exact) mass is 531 g/mol. The number of benzene rings is 2. The summed E-state index contributed by atoms with van der Waals surface area (Å²) in [6, 6.07) is 13.6. The Morgan fingerprint density at radius 3 is 2.52 bits per heavy atom. The predicted molar refractivity (Wildman–Crippen MR) is 128 cm³/mol. The van der Waals surface area contributed by atoms with Crippen molar-refractivity contribution in [3.8, 4) is 0 Å². The molecule has 0 radical (unpaired) electrons. The van der Waals surface area contributed by atoms with E-state index in [0.29, 0.717) is 38.9 Å². The van der Waals surface area contributed by atoms with E-state index in [-0.39, 0.29) is 24.1 Å². The maximum atomic E-state index is 12.4. The molecule has 9 nitrogen and oxygen atoms in total. The maximum absolute atomic E-state index is 12.4. The first-order chi connectivity index (χ1) is 15.9. The summed E-state index contributed by atoms with van der Waals surface area (Å²) in [5.74, 6) is -0.178. The van der Waals surface area contributed by atoms with Crippen molar-refractivity contribution >= 4 is 51.2 Å². The molecular weight excluding hydrogens is 510 g/mol. The maximum Gasteiger partial charge on any atom is 0.338 e. The molecule has 0 aliphatic rings. The second-order valence-electron chi connectivity index (χ2n) is 6.76. The van der Waals surface area contributed by atoms with Crippen molar-refractivity contribution in [2.75, 3.05) is 17.7 Å².